The molecule has 0 N–H and O–H groups in total. The van der Waals surface area contributed by atoms with Crippen LogP contribution in [0.5, 0.6) is 0 Å². The smallest absolute Gasteiger partial charge is 0.0829 e. The monoisotopic (exact) mass is 267 g/mol. The molecule has 1 nitrogen and oxygen atoms in total. The van der Waals surface area contributed by atoms with E-state index in [4.69, 9.17) is 4.99 Å². The van der Waals surface area contributed by atoms with Gasteiger partial charge in [-0.1, -0.05) is 55.8 Å². The fourth-order valence-electron chi connectivity index (χ4n) is 2.77. The van der Waals surface area contributed by atoms with Gasteiger partial charge in [-0.05, 0) is 50.3 Å². The normalized spacial score (nSPS) is 22.1. The first-order valence-corrected chi connectivity index (χ1v) is 7.63. The van der Waals surface area contributed by atoms with Crippen LogP contribution < -0.4 is 0 Å². The minimum Gasteiger partial charge on any atom is -0.279 e. The highest BCUT2D eigenvalue weighted by Crippen LogP contribution is 2.34. The average Bonchev–Trinajstić information content (AvgIpc) is 2.72. The van der Waals surface area contributed by atoms with E-state index in [2.05, 4.69) is 69.3 Å². The van der Waals surface area contributed by atoms with E-state index >= 15 is 0 Å². The standard InChI is InChI=1S/C19H25N/c1-4-5-13-18-15-16(2)20-19(18,3)14-9-12-17-10-7-6-8-11-17/h6-12,15H,4-5,13-14H2,1-3H3/b12-9+. The van der Waals surface area contributed by atoms with Crippen molar-refractivity contribution in [3.63, 3.8) is 0 Å². The van der Waals surface area contributed by atoms with Crippen LogP contribution in [0.2, 0.25) is 0 Å². The molecule has 106 valence electrons. The van der Waals surface area contributed by atoms with Gasteiger partial charge >= 0.3 is 0 Å². The van der Waals surface area contributed by atoms with Gasteiger partial charge in [0.05, 0.1) is 5.54 Å². The van der Waals surface area contributed by atoms with E-state index in [1.54, 1.807) is 0 Å². The SMILES string of the molecule is CCCCC1=CC(C)=NC1(C)C/C=C/c1ccccc1. The lowest BCUT2D eigenvalue weighted by molar-refractivity contribution is 0.541. The van der Waals surface area contributed by atoms with Crippen LogP contribution in [0.4, 0.5) is 0 Å². The van der Waals surface area contributed by atoms with Gasteiger partial charge in [0.15, 0.2) is 0 Å². The number of aliphatic imine (C=N–C) groups is 1. The van der Waals surface area contributed by atoms with Crippen molar-refractivity contribution in [3.8, 4) is 0 Å². The fourth-order valence-corrected chi connectivity index (χ4v) is 2.77. The van der Waals surface area contributed by atoms with Gasteiger partial charge in [0, 0.05) is 5.71 Å². The molecule has 0 bridgehead atoms. The first-order chi connectivity index (χ1) is 9.64. The van der Waals surface area contributed by atoms with Gasteiger partial charge in [-0.25, -0.2) is 0 Å². The molecule has 20 heavy (non-hydrogen) atoms. The molecule has 0 aliphatic carbocycles. The van der Waals surface area contributed by atoms with Crippen molar-refractivity contribution in [1.82, 2.24) is 0 Å². The Morgan fingerprint density at radius 2 is 1.95 bits per heavy atom. The molecule has 1 heteroatoms. The van der Waals surface area contributed by atoms with Crippen molar-refractivity contribution < 1.29 is 0 Å². The predicted octanol–water partition coefficient (Wildman–Crippen LogP) is 5.44. The quantitative estimate of drug-likeness (QED) is 0.651. The molecule has 0 spiro atoms. The molecule has 0 saturated heterocycles. The Morgan fingerprint density at radius 3 is 2.65 bits per heavy atom. The summed E-state index contributed by atoms with van der Waals surface area (Å²) >= 11 is 0. The molecule has 1 atom stereocenters. The van der Waals surface area contributed by atoms with Crippen molar-refractivity contribution in [1.29, 1.82) is 0 Å². The highest BCUT2D eigenvalue weighted by Gasteiger charge is 2.30. The summed E-state index contributed by atoms with van der Waals surface area (Å²) in [7, 11) is 0. The highest BCUT2D eigenvalue weighted by atomic mass is 14.9. The zero-order valence-corrected chi connectivity index (χ0v) is 12.9. The summed E-state index contributed by atoms with van der Waals surface area (Å²) in [5.41, 5.74) is 3.90. The maximum atomic E-state index is 4.86. The minimum atomic E-state index is -0.0233. The Bertz CT molecular complexity index is 522. The number of hydrogen-bond donors (Lipinski definition) is 0. The summed E-state index contributed by atoms with van der Waals surface area (Å²) in [4.78, 5) is 4.86. The maximum Gasteiger partial charge on any atom is 0.0829 e. The van der Waals surface area contributed by atoms with E-state index in [0.717, 1.165) is 6.42 Å². The predicted molar refractivity (Wildman–Crippen MR) is 89.2 cm³/mol. The van der Waals surface area contributed by atoms with E-state index < -0.39 is 0 Å². The van der Waals surface area contributed by atoms with Gasteiger partial charge < -0.3 is 0 Å². The van der Waals surface area contributed by atoms with Crippen LogP contribution >= 0.6 is 0 Å². The molecule has 0 saturated carbocycles. The van der Waals surface area contributed by atoms with Crippen LogP contribution in [-0.2, 0) is 0 Å². The van der Waals surface area contributed by atoms with Gasteiger partial charge in [-0.2, -0.15) is 0 Å². The topological polar surface area (TPSA) is 12.4 Å². The first kappa shape index (κ1) is 14.8. The van der Waals surface area contributed by atoms with Gasteiger partial charge in [0.25, 0.3) is 0 Å². The van der Waals surface area contributed by atoms with Crippen molar-refractivity contribution in [2.75, 3.05) is 0 Å². The van der Waals surface area contributed by atoms with E-state index in [1.165, 1.54) is 36.1 Å². The van der Waals surface area contributed by atoms with Gasteiger partial charge in [0.1, 0.15) is 0 Å². The second-order valence-corrected chi connectivity index (χ2v) is 5.82. The van der Waals surface area contributed by atoms with Gasteiger partial charge in [0.2, 0.25) is 0 Å². The molecule has 0 amide bonds. The number of allylic oxidation sites excluding steroid dienone is 1. The molecule has 0 radical (unpaired) electrons. The minimum absolute atomic E-state index is 0.0233. The van der Waals surface area contributed by atoms with Crippen molar-refractivity contribution >= 4 is 11.8 Å². The van der Waals surface area contributed by atoms with E-state index in [-0.39, 0.29) is 5.54 Å². The summed E-state index contributed by atoms with van der Waals surface area (Å²) < 4.78 is 0. The Balaban J connectivity index is 2.03. The third-order valence-electron chi connectivity index (χ3n) is 3.92. The third-order valence-corrected chi connectivity index (χ3v) is 3.92. The van der Waals surface area contributed by atoms with Crippen molar-refractivity contribution in [2.45, 2.75) is 52.0 Å². The van der Waals surface area contributed by atoms with Crippen LogP contribution in [0.25, 0.3) is 6.08 Å². The molecule has 1 aromatic carbocycles. The highest BCUT2D eigenvalue weighted by molar-refractivity contribution is 5.96. The number of benzene rings is 1. The number of hydrogen-bond acceptors (Lipinski definition) is 1. The van der Waals surface area contributed by atoms with E-state index in [9.17, 15) is 0 Å². The molecular weight excluding hydrogens is 242 g/mol. The molecule has 1 heterocycles. The molecule has 0 aromatic heterocycles. The summed E-state index contributed by atoms with van der Waals surface area (Å²) in [5.74, 6) is 0. The lowest BCUT2D eigenvalue weighted by Crippen LogP contribution is -2.21. The van der Waals surface area contributed by atoms with Gasteiger partial charge in [-0.15, -0.1) is 0 Å². The summed E-state index contributed by atoms with van der Waals surface area (Å²) in [6, 6.07) is 10.5. The Hall–Kier alpha value is -1.63. The molecule has 1 aliphatic heterocycles. The van der Waals surface area contributed by atoms with Crippen LogP contribution in [0.1, 0.15) is 52.0 Å². The van der Waals surface area contributed by atoms with Crippen molar-refractivity contribution in [3.05, 3.63) is 53.6 Å². The summed E-state index contributed by atoms with van der Waals surface area (Å²) in [6.45, 7) is 6.62. The lowest BCUT2D eigenvalue weighted by atomic mass is 9.87. The average molecular weight is 267 g/mol. The van der Waals surface area contributed by atoms with Crippen LogP contribution in [0.15, 0.2) is 53.0 Å². The molecule has 2 rings (SSSR count). The van der Waals surface area contributed by atoms with Gasteiger partial charge in [-0.3, -0.25) is 4.99 Å². The zero-order chi connectivity index (χ0) is 14.4. The third kappa shape index (κ3) is 3.69. The molecule has 1 aromatic rings. The lowest BCUT2D eigenvalue weighted by Gasteiger charge is -2.24. The van der Waals surface area contributed by atoms with Crippen LogP contribution in [0.3, 0.4) is 0 Å². The Morgan fingerprint density at radius 1 is 1.20 bits per heavy atom. The van der Waals surface area contributed by atoms with Crippen molar-refractivity contribution in [2.24, 2.45) is 4.99 Å². The summed E-state index contributed by atoms with van der Waals surface area (Å²) in [5, 5.41) is 0. The number of nitrogens with zero attached hydrogens (tertiary/aromatic N) is 1. The fraction of sp³-hybridized carbons (Fsp3) is 0.421. The molecule has 0 fully saturated rings. The van der Waals surface area contributed by atoms with Crippen LogP contribution in [0, 0.1) is 0 Å². The second-order valence-electron chi connectivity index (χ2n) is 5.82. The first-order valence-electron chi connectivity index (χ1n) is 7.63. The largest absolute Gasteiger partial charge is 0.279 e. The molecule has 1 aliphatic rings. The van der Waals surface area contributed by atoms with E-state index in [1.807, 2.05) is 0 Å². The second kappa shape index (κ2) is 6.69. The maximum absolute atomic E-state index is 4.86. The number of unbranched alkanes of at least 4 members (excludes halogenated alkanes) is 1. The number of rotatable bonds is 6. The molecule has 1 unspecified atom stereocenters. The zero-order valence-electron chi connectivity index (χ0n) is 12.9. The Kier molecular flexibility index (Phi) is 4.94. The Labute approximate surface area is 123 Å². The molecular formula is C19H25N. The van der Waals surface area contributed by atoms with Crippen LogP contribution in [-0.4, -0.2) is 11.3 Å². The summed E-state index contributed by atoms with van der Waals surface area (Å²) in [6.07, 6.45) is 11.4. The van der Waals surface area contributed by atoms with E-state index in [0.29, 0.717) is 0 Å².